The summed E-state index contributed by atoms with van der Waals surface area (Å²) in [5.74, 6) is 1.10. The van der Waals surface area contributed by atoms with Gasteiger partial charge in [-0.3, -0.25) is 19.8 Å². The zero-order valence-electron chi connectivity index (χ0n) is 17.3. The third-order valence-electron chi connectivity index (χ3n) is 4.54. The summed E-state index contributed by atoms with van der Waals surface area (Å²) in [5.41, 5.74) is 3.95. The SMILES string of the molecule is C/C=C(\C=NC)c1cc(Oc2cccc(C(=O)NCc3cccnc3)c2C)ccn1. The smallest absolute Gasteiger partial charge is 0.251 e. The number of nitrogens with one attached hydrogen (secondary N) is 1. The van der Waals surface area contributed by atoms with Crippen molar-refractivity contribution in [2.24, 2.45) is 4.99 Å². The van der Waals surface area contributed by atoms with Crippen molar-refractivity contribution in [3.63, 3.8) is 0 Å². The molecule has 0 radical (unpaired) electrons. The highest BCUT2D eigenvalue weighted by Crippen LogP contribution is 2.28. The van der Waals surface area contributed by atoms with Crippen LogP contribution in [0.1, 0.15) is 34.1 Å². The monoisotopic (exact) mass is 400 g/mol. The van der Waals surface area contributed by atoms with E-state index in [9.17, 15) is 4.79 Å². The lowest BCUT2D eigenvalue weighted by Crippen LogP contribution is -2.23. The number of nitrogens with zero attached hydrogens (tertiary/aromatic N) is 3. The Morgan fingerprint density at radius 2 is 2.07 bits per heavy atom. The Labute approximate surface area is 176 Å². The van der Waals surface area contributed by atoms with E-state index in [0.29, 0.717) is 23.6 Å². The molecule has 3 aromatic rings. The second-order valence-electron chi connectivity index (χ2n) is 6.58. The lowest BCUT2D eigenvalue weighted by molar-refractivity contribution is 0.0950. The van der Waals surface area contributed by atoms with Crippen LogP contribution in [0.5, 0.6) is 11.5 Å². The van der Waals surface area contributed by atoms with Crippen molar-refractivity contribution in [1.82, 2.24) is 15.3 Å². The van der Waals surface area contributed by atoms with Gasteiger partial charge >= 0.3 is 0 Å². The topological polar surface area (TPSA) is 76.5 Å². The van der Waals surface area contributed by atoms with E-state index in [-0.39, 0.29) is 5.91 Å². The number of hydrogen-bond acceptors (Lipinski definition) is 5. The fourth-order valence-corrected chi connectivity index (χ4v) is 2.94. The van der Waals surface area contributed by atoms with Crippen LogP contribution in [0, 0.1) is 6.92 Å². The molecule has 2 aromatic heterocycles. The molecule has 0 bridgehead atoms. The zero-order valence-corrected chi connectivity index (χ0v) is 17.3. The van der Waals surface area contributed by atoms with E-state index in [2.05, 4.69) is 20.3 Å². The van der Waals surface area contributed by atoms with Gasteiger partial charge in [0.25, 0.3) is 5.91 Å². The van der Waals surface area contributed by atoms with Gasteiger partial charge in [-0.15, -0.1) is 0 Å². The number of aromatic nitrogens is 2. The van der Waals surface area contributed by atoms with Crippen molar-refractivity contribution in [3.05, 3.63) is 89.5 Å². The quantitative estimate of drug-likeness (QED) is 0.588. The highest BCUT2D eigenvalue weighted by Gasteiger charge is 2.13. The highest BCUT2D eigenvalue weighted by atomic mass is 16.5. The Hall–Kier alpha value is -3.80. The average Bonchev–Trinajstić information content (AvgIpc) is 2.78. The first-order chi connectivity index (χ1) is 14.6. The molecule has 0 unspecified atom stereocenters. The van der Waals surface area contributed by atoms with Crippen molar-refractivity contribution < 1.29 is 9.53 Å². The maximum Gasteiger partial charge on any atom is 0.251 e. The molecule has 0 aliphatic heterocycles. The van der Waals surface area contributed by atoms with E-state index in [4.69, 9.17) is 4.74 Å². The molecular formula is C24H24N4O2. The van der Waals surface area contributed by atoms with E-state index in [1.807, 2.05) is 50.3 Å². The Kier molecular flexibility index (Phi) is 7.05. The second-order valence-corrected chi connectivity index (χ2v) is 6.58. The number of carbonyl (C=O) groups excluding carboxylic acids is 1. The van der Waals surface area contributed by atoms with Gasteiger partial charge in [0.2, 0.25) is 0 Å². The van der Waals surface area contributed by atoms with Gasteiger partial charge in [0, 0.05) is 61.2 Å². The molecular weight excluding hydrogens is 376 g/mol. The maximum atomic E-state index is 12.7. The molecule has 0 saturated carbocycles. The van der Waals surface area contributed by atoms with Crippen molar-refractivity contribution in [1.29, 1.82) is 0 Å². The maximum absolute atomic E-state index is 12.7. The molecule has 0 aliphatic rings. The molecule has 30 heavy (non-hydrogen) atoms. The van der Waals surface area contributed by atoms with Crippen LogP contribution in [0.25, 0.3) is 5.57 Å². The van der Waals surface area contributed by atoms with E-state index < -0.39 is 0 Å². The summed E-state index contributed by atoms with van der Waals surface area (Å²) < 4.78 is 6.07. The number of rotatable bonds is 7. The van der Waals surface area contributed by atoms with Gasteiger partial charge in [-0.2, -0.15) is 0 Å². The minimum Gasteiger partial charge on any atom is -0.457 e. The van der Waals surface area contributed by atoms with Gasteiger partial charge in [-0.25, -0.2) is 0 Å². The van der Waals surface area contributed by atoms with E-state index in [1.165, 1.54) is 0 Å². The standard InChI is InChI=1S/C24H24N4O2/c1-4-19(16-25-3)22-13-20(10-12-27-22)30-23-9-5-8-21(17(23)2)24(29)28-15-18-7-6-11-26-14-18/h4-14,16H,15H2,1-3H3,(H,28,29)/b19-4+,25-16?. The van der Waals surface area contributed by atoms with Gasteiger partial charge in [-0.05, 0) is 43.7 Å². The number of benzene rings is 1. The molecule has 6 heteroatoms. The van der Waals surface area contributed by atoms with E-state index in [0.717, 1.165) is 22.4 Å². The van der Waals surface area contributed by atoms with Crippen LogP contribution in [0.4, 0.5) is 0 Å². The van der Waals surface area contributed by atoms with Crippen LogP contribution >= 0.6 is 0 Å². The Morgan fingerprint density at radius 3 is 2.80 bits per heavy atom. The molecule has 1 amide bonds. The van der Waals surface area contributed by atoms with Crippen molar-refractivity contribution in [2.45, 2.75) is 20.4 Å². The van der Waals surface area contributed by atoms with Crippen molar-refractivity contribution in [2.75, 3.05) is 7.05 Å². The predicted molar refractivity (Wildman–Crippen MR) is 119 cm³/mol. The number of amides is 1. The van der Waals surface area contributed by atoms with Gasteiger partial charge in [-0.1, -0.05) is 18.2 Å². The molecule has 1 aromatic carbocycles. The second kappa shape index (κ2) is 10.1. The Balaban J connectivity index is 1.77. The number of aliphatic imine (C=N–C) groups is 1. The summed E-state index contributed by atoms with van der Waals surface area (Å²) in [7, 11) is 1.72. The number of carbonyl (C=O) groups is 1. The van der Waals surface area contributed by atoms with Gasteiger partial charge in [0.05, 0.1) is 5.69 Å². The van der Waals surface area contributed by atoms with E-state index >= 15 is 0 Å². The fourth-order valence-electron chi connectivity index (χ4n) is 2.94. The van der Waals surface area contributed by atoms with E-state index in [1.54, 1.807) is 44.0 Å². The molecule has 2 heterocycles. The van der Waals surface area contributed by atoms with Gasteiger partial charge in [0.1, 0.15) is 11.5 Å². The minimum absolute atomic E-state index is 0.160. The average molecular weight is 400 g/mol. The molecule has 0 spiro atoms. The number of allylic oxidation sites excluding steroid dienone is 2. The summed E-state index contributed by atoms with van der Waals surface area (Å²) in [6.07, 6.45) is 8.82. The molecule has 6 nitrogen and oxygen atoms in total. The van der Waals surface area contributed by atoms with Crippen LogP contribution in [0.3, 0.4) is 0 Å². The molecule has 0 saturated heterocycles. The third kappa shape index (κ3) is 5.17. The van der Waals surface area contributed by atoms with Gasteiger partial charge in [0.15, 0.2) is 0 Å². The molecule has 3 rings (SSSR count). The Morgan fingerprint density at radius 1 is 1.20 bits per heavy atom. The van der Waals surface area contributed by atoms with Crippen LogP contribution in [-0.2, 0) is 6.54 Å². The molecule has 0 atom stereocenters. The number of pyridine rings is 2. The van der Waals surface area contributed by atoms with Crippen LogP contribution in [-0.4, -0.2) is 29.1 Å². The molecule has 0 fully saturated rings. The zero-order chi connectivity index (χ0) is 21.3. The number of ether oxygens (including phenoxy) is 1. The molecule has 0 aliphatic carbocycles. The fraction of sp³-hybridized carbons (Fsp3) is 0.167. The lowest BCUT2D eigenvalue weighted by atomic mass is 10.1. The van der Waals surface area contributed by atoms with Crippen molar-refractivity contribution in [3.8, 4) is 11.5 Å². The Bertz CT molecular complexity index is 1080. The summed E-state index contributed by atoms with van der Waals surface area (Å²) in [4.78, 5) is 25.2. The van der Waals surface area contributed by atoms with Gasteiger partial charge < -0.3 is 10.1 Å². The lowest BCUT2D eigenvalue weighted by Gasteiger charge is -2.13. The predicted octanol–water partition coefficient (Wildman–Crippen LogP) is 4.61. The minimum atomic E-state index is -0.160. The third-order valence-corrected chi connectivity index (χ3v) is 4.54. The summed E-state index contributed by atoms with van der Waals surface area (Å²) in [6, 6.07) is 12.8. The molecule has 1 N–H and O–H groups in total. The summed E-state index contributed by atoms with van der Waals surface area (Å²) in [6.45, 7) is 4.22. The molecule has 152 valence electrons. The van der Waals surface area contributed by atoms with Crippen molar-refractivity contribution >= 4 is 17.7 Å². The first-order valence-electron chi connectivity index (χ1n) is 9.62. The number of hydrogen-bond donors (Lipinski definition) is 1. The van der Waals surface area contributed by atoms with Crippen LogP contribution in [0.2, 0.25) is 0 Å². The van der Waals surface area contributed by atoms with Crippen LogP contribution in [0.15, 0.2) is 72.1 Å². The largest absolute Gasteiger partial charge is 0.457 e. The summed E-state index contributed by atoms with van der Waals surface area (Å²) in [5, 5.41) is 2.93. The van der Waals surface area contributed by atoms with Crippen LogP contribution < -0.4 is 10.1 Å². The normalized spacial score (nSPS) is 11.5. The first kappa shape index (κ1) is 20.9. The summed E-state index contributed by atoms with van der Waals surface area (Å²) >= 11 is 0. The first-order valence-corrected chi connectivity index (χ1v) is 9.62. The highest BCUT2D eigenvalue weighted by molar-refractivity contribution is 6.08.